The number of ether oxygens (including phenoxy) is 2. The molecule has 2 rings (SSSR count). The van der Waals surface area contributed by atoms with E-state index in [0.717, 1.165) is 31.5 Å². The molecule has 1 unspecified atom stereocenters. The summed E-state index contributed by atoms with van der Waals surface area (Å²) in [6.07, 6.45) is 2.26. The average molecular weight is 337 g/mol. The molecule has 1 aliphatic rings. The smallest absolute Gasteiger partial charge is 0.387 e. The fourth-order valence-corrected chi connectivity index (χ4v) is 2.72. The molecule has 126 valence electrons. The lowest BCUT2D eigenvalue weighted by molar-refractivity contribution is -0.0514. The van der Waals surface area contributed by atoms with Gasteiger partial charge in [-0.3, -0.25) is 4.90 Å². The van der Waals surface area contributed by atoms with Crippen LogP contribution < -0.4 is 15.2 Å². The number of benzene rings is 1. The summed E-state index contributed by atoms with van der Waals surface area (Å²) >= 11 is 0. The number of nitrogens with zero attached hydrogens (tertiary/aromatic N) is 1. The van der Waals surface area contributed by atoms with E-state index < -0.39 is 6.61 Å². The Morgan fingerprint density at radius 1 is 1.36 bits per heavy atom. The highest BCUT2D eigenvalue weighted by Crippen LogP contribution is 2.31. The molecule has 2 N–H and O–H groups in total. The van der Waals surface area contributed by atoms with Crippen LogP contribution in [0.1, 0.15) is 25.3 Å². The van der Waals surface area contributed by atoms with Gasteiger partial charge in [0.25, 0.3) is 0 Å². The van der Waals surface area contributed by atoms with E-state index >= 15 is 0 Å². The average Bonchev–Trinajstić information content (AvgIpc) is 2.89. The third-order valence-corrected chi connectivity index (χ3v) is 3.68. The normalized spacial score (nSPS) is 18.3. The minimum absolute atomic E-state index is 0. The Kier molecular flexibility index (Phi) is 7.85. The lowest BCUT2D eigenvalue weighted by Gasteiger charge is -2.23. The van der Waals surface area contributed by atoms with Crippen molar-refractivity contribution in [3.05, 3.63) is 23.8 Å². The molecule has 1 aliphatic heterocycles. The number of likely N-dealkylation sites (tertiary alicyclic amines) is 1. The van der Waals surface area contributed by atoms with Gasteiger partial charge in [0.15, 0.2) is 11.5 Å². The largest absolute Gasteiger partial charge is 0.490 e. The molecule has 0 amide bonds. The maximum atomic E-state index is 12.4. The number of alkyl halides is 2. The first-order chi connectivity index (χ1) is 10.1. The SMILES string of the molecule is CCOc1cc(CN2CCCC2CN)ccc1OC(F)F.Cl. The number of nitrogens with two attached hydrogens (primary N) is 1. The van der Waals surface area contributed by atoms with Crippen molar-refractivity contribution in [2.45, 2.75) is 39.0 Å². The minimum atomic E-state index is -2.85. The van der Waals surface area contributed by atoms with Crippen molar-refractivity contribution in [3.63, 3.8) is 0 Å². The van der Waals surface area contributed by atoms with Crippen molar-refractivity contribution in [1.29, 1.82) is 0 Å². The summed E-state index contributed by atoms with van der Waals surface area (Å²) in [4.78, 5) is 2.32. The summed E-state index contributed by atoms with van der Waals surface area (Å²) in [5.74, 6) is 0.436. The molecule has 1 aromatic carbocycles. The number of hydrogen-bond acceptors (Lipinski definition) is 4. The molecule has 1 atom stereocenters. The van der Waals surface area contributed by atoms with Crippen molar-refractivity contribution in [2.75, 3.05) is 19.7 Å². The zero-order valence-electron chi connectivity index (χ0n) is 12.6. The van der Waals surface area contributed by atoms with Crippen LogP contribution >= 0.6 is 12.4 Å². The molecule has 4 nitrogen and oxygen atoms in total. The van der Waals surface area contributed by atoms with Gasteiger partial charge in [-0.15, -0.1) is 12.4 Å². The summed E-state index contributed by atoms with van der Waals surface area (Å²) in [5, 5.41) is 0. The molecule has 0 aromatic heterocycles. The standard InChI is InChI=1S/C15H22F2N2O2.ClH/c1-2-20-14-8-11(5-6-13(14)21-15(16)17)10-19-7-3-4-12(19)9-18;/h5-6,8,12,15H,2-4,7,9-10,18H2,1H3;1H. The highest BCUT2D eigenvalue weighted by molar-refractivity contribution is 5.85. The second kappa shape index (κ2) is 9.12. The number of hydrogen-bond donors (Lipinski definition) is 1. The molecule has 0 saturated carbocycles. The van der Waals surface area contributed by atoms with Crippen LogP contribution in [0.25, 0.3) is 0 Å². The Balaban J connectivity index is 0.00000242. The van der Waals surface area contributed by atoms with Crippen molar-refractivity contribution in [3.8, 4) is 11.5 Å². The Morgan fingerprint density at radius 2 is 2.14 bits per heavy atom. The van der Waals surface area contributed by atoms with Crippen molar-refractivity contribution in [2.24, 2.45) is 5.73 Å². The van der Waals surface area contributed by atoms with E-state index in [-0.39, 0.29) is 18.2 Å². The molecule has 0 radical (unpaired) electrons. The molecular weight excluding hydrogens is 314 g/mol. The molecule has 0 bridgehead atoms. The predicted molar refractivity (Wildman–Crippen MR) is 84.0 cm³/mol. The van der Waals surface area contributed by atoms with Crippen molar-refractivity contribution < 1.29 is 18.3 Å². The first-order valence-corrected chi connectivity index (χ1v) is 7.28. The molecule has 7 heteroatoms. The van der Waals surface area contributed by atoms with Gasteiger partial charge in [-0.25, -0.2) is 0 Å². The summed E-state index contributed by atoms with van der Waals surface area (Å²) in [6, 6.07) is 5.51. The summed E-state index contributed by atoms with van der Waals surface area (Å²) in [6.45, 7) is 1.76. The van der Waals surface area contributed by atoms with Crippen molar-refractivity contribution >= 4 is 12.4 Å². The van der Waals surface area contributed by atoms with Crippen LogP contribution in [-0.2, 0) is 6.54 Å². The van der Waals surface area contributed by atoms with Gasteiger partial charge < -0.3 is 15.2 Å². The van der Waals surface area contributed by atoms with Gasteiger partial charge >= 0.3 is 6.61 Å². The van der Waals surface area contributed by atoms with E-state index in [1.165, 1.54) is 0 Å². The van der Waals surface area contributed by atoms with Crippen LogP contribution in [0.15, 0.2) is 18.2 Å². The molecule has 0 aliphatic carbocycles. The maximum Gasteiger partial charge on any atom is 0.387 e. The van der Waals surface area contributed by atoms with Gasteiger partial charge in [0, 0.05) is 19.1 Å². The Morgan fingerprint density at radius 3 is 2.77 bits per heavy atom. The van der Waals surface area contributed by atoms with Crippen LogP contribution in [0.4, 0.5) is 8.78 Å². The number of rotatable bonds is 7. The predicted octanol–water partition coefficient (Wildman–Crippen LogP) is 3.03. The summed E-state index contributed by atoms with van der Waals surface area (Å²) in [7, 11) is 0. The molecule has 0 spiro atoms. The minimum Gasteiger partial charge on any atom is -0.490 e. The quantitative estimate of drug-likeness (QED) is 0.831. The lowest BCUT2D eigenvalue weighted by Crippen LogP contribution is -2.34. The molecule has 1 heterocycles. The van der Waals surface area contributed by atoms with Gasteiger partial charge in [-0.1, -0.05) is 6.07 Å². The van der Waals surface area contributed by atoms with Gasteiger partial charge in [0.05, 0.1) is 6.61 Å². The zero-order valence-corrected chi connectivity index (χ0v) is 13.5. The van der Waals surface area contributed by atoms with Gasteiger partial charge in [0.1, 0.15) is 0 Å². The molecule has 1 aromatic rings. The monoisotopic (exact) mass is 336 g/mol. The van der Waals surface area contributed by atoms with E-state index in [4.69, 9.17) is 10.5 Å². The van der Waals surface area contributed by atoms with Gasteiger partial charge in [0.2, 0.25) is 0 Å². The van der Waals surface area contributed by atoms with Crippen LogP contribution in [0.2, 0.25) is 0 Å². The number of halogens is 3. The van der Waals surface area contributed by atoms with Crippen LogP contribution in [0.5, 0.6) is 11.5 Å². The Bertz CT molecular complexity index is 463. The van der Waals surface area contributed by atoms with Gasteiger partial charge in [-0.05, 0) is 44.0 Å². The highest BCUT2D eigenvalue weighted by atomic mass is 35.5. The first-order valence-electron chi connectivity index (χ1n) is 7.28. The maximum absolute atomic E-state index is 12.4. The van der Waals surface area contributed by atoms with E-state index in [0.29, 0.717) is 24.9 Å². The fourth-order valence-electron chi connectivity index (χ4n) is 2.72. The fraction of sp³-hybridized carbons (Fsp3) is 0.600. The lowest BCUT2D eigenvalue weighted by atomic mass is 10.1. The summed E-state index contributed by atoms with van der Waals surface area (Å²) < 4.78 is 34.6. The Hall–Kier alpha value is -1.11. The molecule has 22 heavy (non-hydrogen) atoms. The topological polar surface area (TPSA) is 47.7 Å². The van der Waals surface area contributed by atoms with E-state index in [9.17, 15) is 8.78 Å². The van der Waals surface area contributed by atoms with E-state index in [1.807, 2.05) is 6.92 Å². The highest BCUT2D eigenvalue weighted by Gasteiger charge is 2.23. The second-order valence-corrected chi connectivity index (χ2v) is 5.09. The molecule has 1 saturated heterocycles. The zero-order chi connectivity index (χ0) is 15.2. The van der Waals surface area contributed by atoms with E-state index in [1.54, 1.807) is 18.2 Å². The first kappa shape index (κ1) is 18.9. The van der Waals surface area contributed by atoms with Gasteiger partial charge in [-0.2, -0.15) is 8.78 Å². The third-order valence-electron chi connectivity index (χ3n) is 3.68. The second-order valence-electron chi connectivity index (χ2n) is 5.09. The van der Waals surface area contributed by atoms with Crippen LogP contribution in [0.3, 0.4) is 0 Å². The Labute approximate surface area is 136 Å². The van der Waals surface area contributed by atoms with Crippen molar-refractivity contribution in [1.82, 2.24) is 4.90 Å². The molecule has 1 fully saturated rings. The van der Waals surface area contributed by atoms with E-state index in [2.05, 4.69) is 9.64 Å². The third kappa shape index (κ3) is 4.97. The summed E-state index contributed by atoms with van der Waals surface area (Å²) in [5.41, 5.74) is 6.78. The van der Waals surface area contributed by atoms with Crippen LogP contribution in [-0.4, -0.2) is 37.2 Å². The molecular formula is C15H23ClF2N2O2. The van der Waals surface area contributed by atoms with Crippen LogP contribution in [0, 0.1) is 0 Å².